The van der Waals surface area contributed by atoms with Crippen molar-refractivity contribution in [2.75, 3.05) is 0 Å². The molecule has 1 aliphatic rings. The fourth-order valence-corrected chi connectivity index (χ4v) is 2.83. The van der Waals surface area contributed by atoms with E-state index in [0.717, 1.165) is 11.5 Å². The van der Waals surface area contributed by atoms with Crippen molar-refractivity contribution in [1.29, 1.82) is 0 Å². The van der Waals surface area contributed by atoms with Crippen LogP contribution in [0.15, 0.2) is 24.4 Å². The second kappa shape index (κ2) is 5.61. The number of H-pyrrole nitrogens is 1. The molecule has 1 N–H and O–H groups in total. The number of aryl methyl sites for hydroxylation is 3. The van der Waals surface area contributed by atoms with Crippen molar-refractivity contribution in [1.82, 2.24) is 9.97 Å². The SMILES string of the molecule is CC(=O)CCc1ncc(-c2ccc3c(c2)CCCC3)[nH]1. The highest BCUT2D eigenvalue weighted by Crippen LogP contribution is 2.26. The van der Waals surface area contributed by atoms with Gasteiger partial charge in [0.05, 0.1) is 11.9 Å². The Kier molecular flexibility index (Phi) is 3.68. The van der Waals surface area contributed by atoms with E-state index < -0.39 is 0 Å². The van der Waals surface area contributed by atoms with Gasteiger partial charge in [0.15, 0.2) is 0 Å². The number of hydrogen-bond acceptors (Lipinski definition) is 2. The third kappa shape index (κ3) is 2.82. The highest BCUT2D eigenvalue weighted by molar-refractivity contribution is 5.75. The zero-order valence-electron chi connectivity index (χ0n) is 11.9. The van der Waals surface area contributed by atoms with Crippen LogP contribution in [0.4, 0.5) is 0 Å². The first kappa shape index (κ1) is 13.1. The van der Waals surface area contributed by atoms with Crippen molar-refractivity contribution in [3.8, 4) is 11.3 Å². The fraction of sp³-hybridized carbons (Fsp3) is 0.412. The maximum atomic E-state index is 11.0. The summed E-state index contributed by atoms with van der Waals surface area (Å²) in [6.45, 7) is 1.62. The molecule has 0 unspecified atom stereocenters. The third-order valence-corrected chi connectivity index (χ3v) is 4.00. The molecule has 1 aromatic carbocycles. The quantitative estimate of drug-likeness (QED) is 0.922. The molecule has 104 valence electrons. The summed E-state index contributed by atoms with van der Waals surface area (Å²) in [5.41, 5.74) is 5.23. The number of aromatic amines is 1. The number of ketones is 1. The molecule has 0 bridgehead atoms. The van der Waals surface area contributed by atoms with Crippen LogP contribution in [0, 0.1) is 0 Å². The first-order valence-electron chi connectivity index (χ1n) is 7.38. The summed E-state index contributed by atoms with van der Waals surface area (Å²) >= 11 is 0. The number of carbonyl (C=O) groups excluding carboxylic acids is 1. The highest BCUT2D eigenvalue weighted by Gasteiger charge is 2.11. The molecule has 0 saturated heterocycles. The van der Waals surface area contributed by atoms with Gasteiger partial charge in [0.1, 0.15) is 11.6 Å². The Morgan fingerprint density at radius 3 is 2.85 bits per heavy atom. The van der Waals surface area contributed by atoms with E-state index in [1.165, 1.54) is 42.4 Å². The number of rotatable bonds is 4. The minimum Gasteiger partial charge on any atom is -0.342 e. The van der Waals surface area contributed by atoms with Gasteiger partial charge in [0.2, 0.25) is 0 Å². The predicted molar refractivity (Wildman–Crippen MR) is 79.7 cm³/mol. The Morgan fingerprint density at radius 2 is 2.05 bits per heavy atom. The van der Waals surface area contributed by atoms with Crippen molar-refractivity contribution in [2.24, 2.45) is 0 Å². The van der Waals surface area contributed by atoms with Gasteiger partial charge in [-0.2, -0.15) is 0 Å². The second-order valence-electron chi connectivity index (χ2n) is 5.64. The lowest BCUT2D eigenvalue weighted by Crippen LogP contribution is -2.02. The monoisotopic (exact) mass is 268 g/mol. The number of fused-ring (bicyclic) bond motifs is 1. The van der Waals surface area contributed by atoms with Gasteiger partial charge < -0.3 is 9.78 Å². The number of benzene rings is 1. The van der Waals surface area contributed by atoms with E-state index in [2.05, 4.69) is 28.2 Å². The normalized spacial score (nSPS) is 14.1. The molecule has 1 aromatic heterocycles. The largest absolute Gasteiger partial charge is 0.342 e. The number of aromatic nitrogens is 2. The van der Waals surface area contributed by atoms with E-state index in [1.807, 2.05) is 6.20 Å². The second-order valence-corrected chi connectivity index (χ2v) is 5.64. The van der Waals surface area contributed by atoms with E-state index >= 15 is 0 Å². The summed E-state index contributed by atoms with van der Waals surface area (Å²) in [6.07, 6.45) is 8.13. The fourth-order valence-electron chi connectivity index (χ4n) is 2.83. The van der Waals surface area contributed by atoms with Gasteiger partial charge in [-0.1, -0.05) is 12.1 Å². The van der Waals surface area contributed by atoms with Gasteiger partial charge >= 0.3 is 0 Å². The third-order valence-electron chi connectivity index (χ3n) is 4.00. The lowest BCUT2D eigenvalue weighted by Gasteiger charge is -2.16. The molecule has 3 rings (SSSR count). The van der Waals surface area contributed by atoms with E-state index in [-0.39, 0.29) is 5.78 Å². The van der Waals surface area contributed by atoms with Crippen LogP contribution >= 0.6 is 0 Å². The van der Waals surface area contributed by atoms with Gasteiger partial charge in [-0.05, 0) is 55.4 Å². The molecular weight excluding hydrogens is 248 g/mol. The molecule has 0 spiro atoms. The summed E-state index contributed by atoms with van der Waals surface area (Å²) in [5.74, 6) is 1.10. The average molecular weight is 268 g/mol. The maximum absolute atomic E-state index is 11.0. The number of nitrogens with zero attached hydrogens (tertiary/aromatic N) is 1. The molecule has 0 radical (unpaired) electrons. The zero-order chi connectivity index (χ0) is 13.9. The molecular formula is C17H20N2O. The molecule has 20 heavy (non-hydrogen) atoms. The molecule has 0 fully saturated rings. The van der Waals surface area contributed by atoms with E-state index in [4.69, 9.17) is 0 Å². The van der Waals surface area contributed by atoms with E-state index in [9.17, 15) is 4.79 Å². The van der Waals surface area contributed by atoms with Crippen LogP contribution in [0.5, 0.6) is 0 Å². The Labute approximate surface area is 119 Å². The highest BCUT2D eigenvalue weighted by atomic mass is 16.1. The number of nitrogens with one attached hydrogen (secondary N) is 1. The van der Waals surface area contributed by atoms with Gasteiger partial charge in [0, 0.05) is 12.8 Å². The van der Waals surface area contributed by atoms with Crippen molar-refractivity contribution in [3.05, 3.63) is 41.3 Å². The van der Waals surface area contributed by atoms with Gasteiger partial charge in [0.25, 0.3) is 0 Å². The van der Waals surface area contributed by atoms with Crippen LogP contribution in [0.3, 0.4) is 0 Å². The molecule has 1 heterocycles. The lowest BCUT2D eigenvalue weighted by atomic mass is 9.90. The lowest BCUT2D eigenvalue weighted by molar-refractivity contribution is -0.117. The van der Waals surface area contributed by atoms with E-state index in [0.29, 0.717) is 12.8 Å². The number of hydrogen-bond donors (Lipinski definition) is 1. The van der Waals surface area contributed by atoms with Gasteiger partial charge in [-0.3, -0.25) is 0 Å². The number of Topliss-reactive ketones (excluding diaryl/α,β-unsaturated/α-hetero) is 1. The van der Waals surface area contributed by atoms with Crippen molar-refractivity contribution < 1.29 is 4.79 Å². The molecule has 0 atom stereocenters. The molecule has 0 aliphatic heterocycles. The standard InChI is InChI=1S/C17H20N2O/c1-12(20)6-9-17-18-11-16(19-17)15-8-7-13-4-2-3-5-14(13)10-15/h7-8,10-11H,2-6,9H2,1H3,(H,18,19). The van der Waals surface area contributed by atoms with Crippen LogP contribution in [0.1, 0.15) is 43.1 Å². The zero-order valence-corrected chi connectivity index (χ0v) is 11.9. The van der Waals surface area contributed by atoms with E-state index in [1.54, 1.807) is 6.92 Å². The Balaban J connectivity index is 1.80. The first-order valence-corrected chi connectivity index (χ1v) is 7.38. The minimum atomic E-state index is 0.205. The van der Waals surface area contributed by atoms with Crippen LogP contribution < -0.4 is 0 Å². The van der Waals surface area contributed by atoms with Crippen LogP contribution in [0.2, 0.25) is 0 Å². The van der Waals surface area contributed by atoms with Crippen LogP contribution in [-0.4, -0.2) is 15.8 Å². The molecule has 0 saturated carbocycles. The van der Waals surface area contributed by atoms with Crippen molar-refractivity contribution >= 4 is 5.78 Å². The number of carbonyl (C=O) groups is 1. The molecule has 2 aromatic rings. The summed E-state index contributed by atoms with van der Waals surface area (Å²) < 4.78 is 0. The smallest absolute Gasteiger partial charge is 0.130 e. The Morgan fingerprint density at radius 1 is 1.25 bits per heavy atom. The summed E-state index contributed by atoms with van der Waals surface area (Å²) in [5, 5.41) is 0. The molecule has 0 amide bonds. The Hall–Kier alpha value is -1.90. The average Bonchev–Trinajstić information content (AvgIpc) is 2.93. The summed E-state index contributed by atoms with van der Waals surface area (Å²) in [6, 6.07) is 6.71. The van der Waals surface area contributed by atoms with Gasteiger partial charge in [-0.15, -0.1) is 0 Å². The van der Waals surface area contributed by atoms with Crippen LogP contribution in [0.25, 0.3) is 11.3 Å². The molecule has 3 heteroatoms. The van der Waals surface area contributed by atoms with Crippen molar-refractivity contribution in [2.45, 2.75) is 45.4 Å². The van der Waals surface area contributed by atoms with Gasteiger partial charge in [-0.25, -0.2) is 4.98 Å². The summed E-state index contributed by atoms with van der Waals surface area (Å²) in [7, 11) is 0. The molecule has 3 nitrogen and oxygen atoms in total. The number of imidazole rings is 1. The predicted octanol–water partition coefficient (Wildman–Crippen LogP) is 3.48. The minimum absolute atomic E-state index is 0.205. The first-order chi connectivity index (χ1) is 9.72. The molecule has 1 aliphatic carbocycles. The Bertz CT molecular complexity index is 628. The van der Waals surface area contributed by atoms with Crippen LogP contribution in [-0.2, 0) is 24.1 Å². The van der Waals surface area contributed by atoms with Crippen molar-refractivity contribution in [3.63, 3.8) is 0 Å². The summed E-state index contributed by atoms with van der Waals surface area (Å²) in [4.78, 5) is 18.7. The topological polar surface area (TPSA) is 45.8 Å². The maximum Gasteiger partial charge on any atom is 0.130 e.